The zero-order valence-corrected chi connectivity index (χ0v) is 26.0. The van der Waals surface area contributed by atoms with E-state index in [-0.39, 0.29) is 5.41 Å². The van der Waals surface area contributed by atoms with Crippen LogP contribution in [0.15, 0.2) is 39.3 Å². The van der Waals surface area contributed by atoms with E-state index < -0.39 is 0 Å². The van der Waals surface area contributed by atoms with Gasteiger partial charge in [-0.25, -0.2) is 4.99 Å². The van der Waals surface area contributed by atoms with Gasteiger partial charge in [0.25, 0.3) is 0 Å². The fraction of sp³-hybridized carbons (Fsp3) is 0.472. The van der Waals surface area contributed by atoms with Crippen molar-refractivity contribution in [3.8, 4) is 0 Å². The van der Waals surface area contributed by atoms with Gasteiger partial charge in [0.2, 0.25) is 0 Å². The molecule has 2 aromatic heterocycles. The number of hydrogen-bond acceptors (Lipinski definition) is 2. The van der Waals surface area contributed by atoms with E-state index in [4.69, 9.17) is 4.99 Å². The van der Waals surface area contributed by atoms with Crippen LogP contribution in [0.2, 0.25) is 0 Å². The number of rotatable bonds is 8. The maximum absolute atomic E-state index is 5.30. The molecule has 0 atom stereocenters. The van der Waals surface area contributed by atoms with Gasteiger partial charge in [0.1, 0.15) is 0 Å². The highest BCUT2D eigenvalue weighted by atomic mass is 15.0. The summed E-state index contributed by atoms with van der Waals surface area (Å²) in [6, 6.07) is 0. The molecule has 2 aromatic rings. The van der Waals surface area contributed by atoms with Gasteiger partial charge in [-0.05, 0) is 115 Å². The molecule has 40 heavy (non-hydrogen) atoms. The predicted octanol–water partition coefficient (Wildman–Crippen LogP) is 7.41. The Kier molecular flexibility index (Phi) is 7.99. The monoisotopic (exact) mass is 536 g/mol. The molecule has 0 spiro atoms. The Morgan fingerprint density at radius 3 is 1.73 bits per heavy atom. The zero-order chi connectivity index (χ0) is 28.6. The van der Waals surface area contributed by atoms with E-state index >= 15 is 0 Å². The van der Waals surface area contributed by atoms with Crippen molar-refractivity contribution in [3.63, 3.8) is 0 Å². The molecule has 212 valence electrons. The lowest BCUT2D eigenvalue weighted by Gasteiger charge is -2.26. The molecular weight excluding hydrogens is 488 g/mol. The molecule has 0 saturated heterocycles. The second-order valence-corrected chi connectivity index (χ2v) is 11.4. The van der Waals surface area contributed by atoms with E-state index in [1.54, 1.807) is 0 Å². The molecule has 3 aliphatic heterocycles. The molecule has 0 aromatic carbocycles. The summed E-state index contributed by atoms with van der Waals surface area (Å²) in [4.78, 5) is 13.0. The van der Waals surface area contributed by atoms with E-state index in [1.165, 1.54) is 66.9 Å². The predicted molar refractivity (Wildman–Crippen MR) is 173 cm³/mol. The number of aliphatic imine (C=N–C) groups is 1. The Bertz CT molecular complexity index is 1590. The molecule has 0 fully saturated rings. The summed E-state index contributed by atoms with van der Waals surface area (Å²) in [6.07, 6.45) is 19.9. The van der Waals surface area contributed by atoms with Gasteiger partial charge in [-0.3, -0.25) is 0 Å². The van der Waals surface area contributed by atoms with Crippen LogP contribution in [0.25, 0.3) is 24.3 Å². The van der Waals surface area contributed by atoms with E-state index in [1.807, 2.05) is 0 Å². The largest absolute Gasteiger partial charge is 0.358 e. The number of nitrogens with one attached hydrogen (secondary N) is 3. The molecule has 0 unspecified atom stereocenters. The minimum Gasteiger partial charge on any atom is -0.358 e. The van der Waals surface area contributed by atoms with Crippen LogP contribution in [0, 0.1) is 5.41 Å². The SMILES string of the molecule is CCC1=C(CC)C2=NC1=Cc1[nH]c(c(CC)c1CC)C=C1NC(=CC1(CC)CC)C=c1[nH]c(c(CC)c1CC)=C2. The average molecular weight is 537 g/mol. The smallest absolute Gasteiger partial charge is 0.0693 e. The van der Waals surface area contributed by atoms with Crippen molar-refractivity contribution in [2.24, 2.45) is 10.4 Å². The van der Waals surface area contributed by atoms with Crippen LogP contribution >= 0.6 is 0 Å². The van der Waals surface area contributed by atoms with Crippen LogP contribution in [0.4, 0.5) is 0 Å². The summed E-state index contributed by atoms with van der Waals surface area (Å²) in [5.74, 6) is 0. The summed E-state index contributed by atoms with van der Waals surface area (Å²) in [5, 5.41) is 6.29. The van der Waals surface area contributed by atoms with Gasteiger partial charge >= 0.3 is 0 Å². The zero-order valence-electron chi connectivity index (χ0n) is 26.0. The van der Waals surface area contributed by atoms with Gasteiger partial charge in [0.15, 0.2) is 0 Å². The highest BCUT2D eigenvalue weighted by molar-refractivity contribution is 6.23. The molecule has 0 radical (unpaired) electrons. The summed E-state index contributed by atoms with van der Waals surface area (Å²) < 4.78 is 0. The first-order valence-electron chi connectivity index (χ1n) is 15.8. The Hall–Kier alpha value is -3.27. The number of fused-ring (bicyclic) bond motifs is 7. The van der Waals surface area contributed by atoms with Crippen LogP contribution in [0.1, 0.15) is 115 Å². The number of aromatic amines is 2. The van der Waals surface area contributed by atoms with E-state index in [0.717, 1.165) is 62.8 Å². The van der Waals surface area contributed by atoms with Crippen LogP contribution in [-0.2, 0) is 25.7 Å². The number of aromatic nitrogens is 2. The lowest BCUT2D eigenvalue weighted by Crippen LogP contribution is -2.21. The van der Waals surface area contributed by atoms with Gasteiger partial charge in [0.05, 0.1) is 11.4 Å². The molecule has 0 saturated carbocycles. The topological polar surface area (TPSA) is 56.0 Å². The van der Waals surface area contributed by atoms with Crippen molar-refractivity contribution in [1.82, 2.24) is 15.3 Å². The summed E-state index contributed by atoms with van der Waals surface area (Å²) in [6.45, 7) is 18.3. The molecule has 3 aliphatic rings. The molecule has 0 aliphatic carbocycles. The fourth-order valence-corrected chi connectivity index (χ4v) is 7.31. The third-order valence-electron chi connectivity index (χ3n) is 9.57. The van der Waals surface area contributed by atoms with Crippen LogP contribution in [-0.4, -0.2) is 15.7 Å². The van der Waals surface area contributed by atoms with Crippen LogP contribution in [0.5, 0.6) is 0 Å². The summed E-state index contributed by atoms with van der Waals surface area (Å²) >= 11 is 0. The van der Waals surface area contributed by atoms with Gasteiger partial charge < -0.3 is 15.3 Å². The highest BCUT2D eigenvalue weighted by Crippen LogP contribution is 2.43. The average Bonchev–Trinajstić information content (AvgIpc) is 3.68. The molecule has 0 amide bonds. The molecule has 5 rings (SSSR count). The fourth-order valence-electron chi connectivity index (χ4n) is 7.31. The number of H-pyrrole nitrogens is 2. The van der Waals surface area contributed by atoms with Gasteiger partial charge in [-0.1, -0.05) is 55.4 Å². The first-order chi connectivity index (χ1) is 19.4. The minimum atomic E-state index is 0.000821. The lowest BCUT2D eigenvalue weighted by molar-refractivity contribution is 0.430. The highest BCUT2D eigenvalue weighted by Gasteiger charge is 2.35. The first kappa shape index (κ1) is 28.3. The Morgan fingerprint density at radius 1 is 0.600 bits per heavy atom. The van der Waals surface area contributed by atoms with E-state index in [0.29, 0.717) is 0 Å². The van der Waals surface area contributed by atoms with Crippen molar-refractivity contribution in [1.29, 1.82) is 0 Å². The van der Waals surface area contributed by atoms with Gasteiger partial charge in [0, 0.05) is 38.9 Å². The van der Waals surface area contributed by atoms with E-state index in [2.05, 4.69) is 101 Å². The van der Waals surface area contributed by atoms with Crippen molar-refractivity contribution in [3.05, 3.63) is 78.7 Å². The van der Waals surface area contributed by atoms with Crippen molar-refractivity contribution >= 4 is 30.0 Å². The van der Waals surface area contributed by atoms with Gasteiger partial charge in [-0.15, -0.1) is 0 Å². The maximum atomic E-state index is 5.30. The quantitative estimate of drug-likeness (QED) is 0.323. The second-order valence-electron chi connectivity index (χ2n) is 11.4. The van der Waals surface area contributed by atoms with Crippen molar-refractivity contribution in [2.45, 2.75) is 107 Å². The molecular formula is C36H48N4. The normalized spacial score (nSPS) is 17.6. The molecule has 3 N–H and O–H groups in total. The second kappa shape index (κ2) is 11.3. The molecule has 4 heteroatoms. The standard InChI is InChI=1S/C36H48N4/c1-9-23-24(10-2)30-18-31-25(11-3)26(12-4)32(39-31)19-33-27(13-5)28(14-6)34(40-33)20-35-36(15-7,16-8)21-22(37-35)17-29(23)38-30/h17-21,37-38,40H,9-16H2,1-8H3. The van der Waals surface area contributed by atoms with Crippen molar-refractivity contribution in [2.75, 3.05) is 0 Å². The minimum absolute atomic E-state index is 0.000821. The Balaban J connectivity index is 1.89. The molecule has 8 bridgehead atoms. The molecule has 5 heterocycles. The Labute approximate surface area is 240 Å². The van der Waals surface area contributed by atoms with Crippen molar-refractivity contribution < 1.29 is 0 Å². The number of nitrogens with zero attached hydrogens (tertiary/aromatic N) is 1. The third-order valence-corrected chi connectivity index (χ3v) is 9.57. The van der Waals surface area contributed by atoms with Crippen LogP contribution in [0.3, 0.4) is 0 Å². The van der Waals surface area contributed by atoms with Gasteiger partial charge in [-0.2, -0.15) is 0 Å². The third kappa shape index (κ3) is 4.50. The first-order valence-corrected chi connectivity index (χ1v) is 15.8. The van der Waals surface area contributed by atoms with E-state index in [9.17, 15) is 0 Å². The maximum Gasteiger partial charge on any atom is 0.0693 e. The lowest BCUT2D eigenvalue weighted by atomic mass is 9.80. The van der Waals surface area contributed by atoms with Crippen LogP contribution < -0.4 is 16.0 Å². The molecule has 4 nitrogen and oxygen atoms in total. The number of allylic oxidation sites excluding steroid dienone is 4. The summed E-state index contributed by atoms with van der Waals surface area (Å²) in [7, 11) is 0. The summed E-state index contributed by atoms with van der Waals surface area (Å²) in [5.41, 5.74) is 15.6. The number of hydrogen-bond donors (Lipinski definition) is 3. The Morgan fingerprint density at radius 2 is 1.18 bits per heavy atom.